The van der Waals surface area contributed by atoms with Gasteiger partial charge in [0.05, 0.1) is 18.6 Å². The lowest BCUT2D eigenvalue weighted by Gasteiger charge is -2.25. The minimum Gasteiger partial charge on any atom is -0.395 e. The summed E-state index contributed by atoms with van der Waals surface area (Å²) < 4.78 is 5.17. The first-order valence-corrected chi connectivity index (χ1v) is 4.71. The molecule has 1 aromatic carbocycles. The highest BCUT2D eigenvalue weighted by atomic mass is 16.5. The van der Waals surface area contributed by atoms with Gasteiger partial charge >= 0.3 is 0 Å². The van der Waals surface area contributed by atoms with Gasteiger partial charge < -0.3 is 9.84 Å². The number of aliphatic hydroxyl groups excluding tert-OH is 1. The highest BCUT2D eigenvalue weighted by Crippen LogP contribution is 2.35. The molecule has 2 nitrogen and oxygen atoms in total. The molecule has 0 saturated carbocycles. The van der Waals surface area contributed by atoms with Crippen molar-refractivity contribution >= 4 is 6.08 Å². The van der Waals surface area contributed by atoms with E-state index in [0.717, 1.165) is 5.56 Å². The molecule has 0 aliphatic heterocycles. The average Bonchev–Trinajstić information content (AvgIpc) is 2.59. The lowest BCUT2D eigenvalue weighted by atomic mass is 9.84. The summed E-state index contributed by atoms with van der Waals surface area (Å²) in [6.45, 7) is 0.616. The van der Waals surface area contributed by atoms with Gasteiger partial charge in [-0.3, -0.25) is 0 Å². The summed E-state index contributed by atoms with van der Waals surface area (Å²) in [6, 6.07) is 8.10. The summed E-state index contributed by atoms with van der Waals surface area (Å²) in [4.78, 5) is 0. The smallest absolute Gasteiger partial charge is 0.0616 e. The third-order valence-corrected chi connectivity index (χ3v) is 2.76. The van der Waals surface area contributed by atoms with Crippen LogP contribution in [0.3, 0.4) is 0 Å². The van der Waals surface area contributed by atoms with Crippen LogP contribution in [0.4, 0.5) is 0 Å². The van der Waals surface area contributed by atoms with Gasteiger partial charge in [0.15, 0.2) is 0 Å². The third-order valence-electron chi connectivity index (χ3n) is 2.76. The highest BCUT2D eigenvalue weighted by Gasteiger charge is 2.33. The zero-order chi connectivity index (χ0) is 10.0. The van der Waals surface area contributed by atoms with E-state index >= 15 is 0 Å². The van der Waals surface area contributed by atoms with Crippen LogP contribution < -0.4 is 0 Å². The number of aliphatic hydroxyl groups is 1. The summed E-state index contributed by atoms with van der Waals surface area (Å²) in [6.07, 6.45) is 4.08. The largest absolute Gasteiger partial charge is 0.395 e. The molecule has 0 saturated heterocycles. The molecule has 14 heavy (non-hydrogen) atoms. The maximum absolute atomic E-state index is 9.46. The fraction of sp³-hybridized carbons (Fsp3) is 0.333. The lowest BCUT2D eigenvalue weighted by Crippen LogP contribution is -2.31. The molecule has 1 atom stereocenters. The van der Waals surface area contributed by atoms with E-state index in [1.165, 1.54) is 5.56 Å². The molecule has 1 unspecified atom stereocenters. The summed E-state index contributed by atoms with van der Waals surface area (Å²) >= 11 is 0. The molecule has 2 heteroatoms. The third kappa shape index (κ3) is 1.27. The summed E-state index contributed by atoms with van der Waals surface area (Å²) in [5, 5.41) is 9.46. The van der Waals surface area contributed by atoms with Crippen molar-refractivity contribution in [1.29, 1.82) is 0 Å². The number of benzene rings is 1. The Labute approximate surface area is 83.8 Å². The molecule has 0 radical (unpaired) electrons. The Bertz CT molecular complexity index is 357. The number of ether oxygens (including phenoxy) is 1. The molecule has 1 aliphatic carbocycles. The van der Waals surface area contributed by atoms with Crippen molar-refractivity contribution in [3.8, 4) is 0 Å². The van der Waals surface area contributed by atoms with Crippen molar-refractivity contribution in [3.05, 3.63) is 41.5 Å². The first kappa shape index (κ1) is 9.44. The Balaban J connectivity index is 2.44. The van der Waals surface area contributed by atoms with E-state index in [9.17, 15) is 5.11 Å². The first-order valence-electron chi connectivity index (χ1n) is 4.71. The number of hydrogen-bond donors (Lipinski definition) is 1. The number of rotatable bonds is 3. The maximum atomic E-state index is 9.46. The topological polar surface area (TPSA) is 29.5 Å². The molecule has 1 aromatic rings. The van der Waals surface area contributed by atoms with Gasteiger partial charge in [-0.2, -0.15) is 0 Å². The van der Waals surface area contributed by atoms with E-state index in [2.05, 4.69) is 6.07 Å². The van der Waals surface area contributed by atoms with Crippen LogP contribution in [0.1, 0.15) is 11.1 Å². The Hall–Kier alpha value is -1.12. The highest BCUT2D eigenvalue weighted by molar-refractivity contribution is 5.65. The fourth-order valence-corrected chi connectivity index (χ4v) is 2.00. The van der Waals surface area contributed by atoms with E-state index in [0.29, 0.717) is 6.61 Å². The second kappa shape index (κ2) is 3.56. The van der Waals surface area contributed by atoms with Gasteiger partial charge in [0.2, 0.25) is 0 Å². The summed E-state index contributed by atoms with van der Waals surface area (Å²) in [5.74, 6) is 0. The predicted molar refractivity (Wildman–Crippen MR) is 56.1 cm³/mol. The van der Waals surface area contributed by atoms with Crippen molar-refractivity contribution < 1.29 is 9.84 Å². The van der Waals surface area contributed by atoms with Gasteiger partial charge in [-0.15, -0.1) is 0 Å². The van der Waals surface area contributed by atoms with Crippen LogP contribution in [-0.2, 0) is 10.2 Å². The second-order valence-corrected chi connectivity index (χ2v) is 3.67. The zero-order valence-electron chi connectivity index (χ0n) is 8.23. The van der Waals surface area contributed by atoms with Crippen molar-refractivity contribution in [2.24, 2.45) is 0 Å². The fourth-order valence-electron chi connectivity index (χ4n) is 2.00. The second-order valence-electron chi connectivity index (χ2n) is 3.67. The average molecular weight is 190 g/mol. The molecule has 1 aliphatic rings. The monoisotopic (exact) mass is 190 g/mol. The molecule has 1 N–H and O–H groups in total. The van der Waals surface area contributed by atoms with Crippen molar-refractivity contribution in [2.45, 2.75) is 5.41 Å². The summed E-state index contributed by atoms with van der Waals surface area (Å²) in [5.41, 5.74) is 2.01. The molecular formula is C12H14O2. The van der Waals surface area contributed by atoms with Crippen molar-refractivity contribution in [1.82, 2.24) is 0 Å². The van der Waals surface area contributed by atoms with Gasteiger partial charge in [0, 0.05) is 7.11 Å². The minimum absolute atomic E-state index is 0.0916. The van der Waals surface area contributed by atoms with Crippen LogP contribution in [-0.4, -0.2) is 25.4 Å². The molecule has 0 heterocycles. The normalized spacial score (nSPS) is 23.9. The van der Waals surface area contributed by atoms with E-state index in [4.69, 9.17) is 4.74 Å². The molecule has 74 valence electrons. The first-order chi connectivity index (χ1) is 6.82. The van der Waals surface area contributed by atoms with Crippen LogP contribution in [0, 0.1) is 0 Å². The number of hydrogen-bond acceptors (Lipinski definition) is 2. The quantitative estimate of drug-likeness (QED) is 0.784. The van der Waals surface area contributed by atoms with E-state index in [-0.39, 0.29) is 12.0 Å². The Morgan fingerprint density at radius 3 is 2.86 bits per heavy atom. The molecule has 0 fully saturated rings. The van der Waals surface area contributed by atoms with Crippen LogP contribution >= 0.6 is 0 Å². The van der Waals surface area contributed by atoms with Gasteiger partial charge in [-0.25, -0.2) is 0 Å². The lowest BCUT2D eigenvalue weighted by molar-refractivity contribution is 0.110. The van der Waals surface area contributed by atoms with Crippen LogP contribution in [0.5, 0.6) is 0 Å². The standard InChI is InChI=1S/C12H14O2/c1-14-9-12(8-13)7-6-10-4-2-3-5-11(10)12/h2-7,13H,8-9H2,1H3. The van der Waals surface area contributed by atoms with Gasteiger partial charge in [-0.1, -0.05) is 36.4 Å². The molecule has 0 amide bonds. The van der Waals surface area contributed by atoms with Crippen LogP contribution in [0.25, 0.3) is 6.08 Å². The minimum atomic E-state index is -0.328. The number of fused-ring (bicyclic) bond motifs is 1. The number of methoxy groups -OCH3 is 1. The molecule has 0 bridgehead atoms. The van der Waals surface area contributed by atoms with Gasteiger partial charge in [0.1, 0.15) is 0 Å². The van der Waals surface area contributed by atoms with Crippen molar-refractivity contribution in [3.63, 3.8) is 0 Å². The SMILES string of the molecule is COCC1(CO)C=Cc2ccccc21. The Kier molecular flexibility index (Phi) is 2.40. The Morgan fingerprint density at radius 1 is 1.36 bits per heavy atom. The van der Waals surface area contributed by atoms with Crippen LogP contribution in [0.2, 0.25) is 0 Å². The van der Waals surface area contributed by atoms with E-state index < -0.39 is 0 Å². The summed E-state index contributed by atoms with van der Waals surface area (Å²) in [7, 11) is 1.66. The molecule has 2 rings (SSSR count). The van der Waals surface area contributed by atoms with Gasteiger partial charge in [-0.05, 0) is 11.1 Å². The Morgan fingerprint density at radius 2 is 2.14 bits per heavy atom. The molecule has 0 spiro atoms. The molecular weight excluding hydrogens is 176 g/mol. The predicted octanol–water partition coefficient (Wildman–Crippen LogP) is 1.59. The van der Waals surface area contributed by atoms with E-state index in [1.54, 1.807) is 7.11 Å². The van der Waals surface area contributed by atoms with Gasteiger partial charge in [0.25, 0.3) is 0 Å². The van der Waals surface area contributed by atoms with E-state index in [1.807, 2.05) is 30.4 Å². The van der Waals surface area contributed by atoms with Crippen LogP contribution in [0.15, 0.2) is 30.3 Å². The zero-order valence-corrected chi connectivity index (χ0v) is 8.23. The maximum Gasteiger partial charge on any atom is 0.0616 e. The van der Waals surface area contributed by atoms with Crippen molar-refractivity contribution in [2.75, 3.05) is 20.3 Å². The molecule has 0 aromatic heterocycles.